The molecule has 6 atom stereocenters. The predicted molar refractivity (Wildman–Crippen MR) is 290 cm³/mol. The van der Waals surface area contributed by atoms with E-state index < -0.39 is 22.7 Å². The third-order valence-corrected chi connectivity index (χ3v) is 15.7. The number of hydrogen-bond acceptors (Lipinski definition) is 12. The number of carbonyl (C=O) groups is 1. The number of nitrogens with zero attached hydrogens (tertiary/aromatic N) is 4. The van der Waals surface area contributed by atoms with Crippen molar-refractivity contribution < 1.29 is 39.0 Å². The molecular formula is C61H62N4O9S. The summed E-state index contributed by atoms with van der Waals surface area (Å²) in [5, 5.41) is 48.5. The number of unbranched alkanes of at least 4 members (excludes halogenated alkanes) is 2. The predicted octanol–water partition coefficient (Wildman–Crippen LogP) is 12.0. The lowest BCUT2D eigenvalue weighted by Crippen LogP contribution is -2.70. The highest BCUT2D eigenvalue weighted by Crippen LogP contribution is 2.62. The van der Waals surface area contributed by atoms with Gasteiger partial charge in [0.1, 0.15) is 24.1 Å². The molecule has 2 aliphatic carbocycles. The third-order valence-electron chi connectivity index (χ3n) is 14.7. The first-order chi connectivity index (χ1) is 36.7. The van der Waals surface area contributed by atoms with Crippen molar-refractivity contribution >= 4 is 39.8 Å². The standard InChI is InChI=1S/C61H62N4O9S/c1-2-33-72-61-57(64(60(68)45-25-21-42(39-62)22-26-45)40-47-16-12-15-44-13-6-7-19-51(44)47)38-55(63-73-41-43-23-27-48(28-24-43)65(69)70)53-36-46(14-8-10-31-66)52(20-9-11-32-67)58(59(53)61)54-37-49(29-30-56(54)74-61)71-34-35-75-50-17-4-3-5-18-50/h2-7,12-13,15-19,21-30,36-37,46,52,57-59,66-67H,1,8-11,14,20,31-35,38,40-41H2. The molecule has 0 saturated heterocycles. The van der Waals surface area contributed by atoms with E-state index in [0.717, 1.165) is 63.8 Å². The number of oxime groups is 1. The Balaban J connectivity index is 1.23. The molecule has 6 aromatic carbocycles. The number of carbonyl (C=O) groups excluding carboxylic acids is 1. The van der Waals surface area contributed by atoms with Crippen LogP contribution in [0.25, 0.3) is 10.8 Å². The van der Waals surface area contributed by atoms with Crippen LogP contribution in [0.15, 0.2) is 174 Å². The van der Waals surface area contributed by atoms with Crippen molar-refractivity contribution in [2.45, 2.75) is 80.7 Å². The fraction of sp³-hybridized carbons (Fsp3) is 0.328. The van der Waals surface area contributed by atoms with E-state index in [1.807, 2.05) is 71.6 Å². The van der Waals surface area contributed by atoms with Gasteiger partial charge >= 0.3 is 0 Å². The second-order valence-corrected chi connectivity index (χ2v) is 20.4. The Labute approximate surface area is 442 Å². The van der Waals surface area contributed by atoms with Gasteiger partial charge < -0.3 is 34.2 Å². The number of nitriles is 1. The van der Waals surface area contributed by atoms with Gasteiger partial charge in [0.15, 0.2) is 0 Å². The summed E-state index contributed by atoms with van der Waals surface area (Å²) in [4.78, 5) is 36.1. The highest BCUT2D eigenvalue weighted by atomic mass is 32.2. The Morgan fingerprint density at radius 3 is 2.41 bits per heavy atom. The van der Waals surface area contributed by atoms with Gasteiger partial charge in [-0.15, -0.1) is 18.3 Å². The SMILES string of the molecule is C=CCOC12Oc3ccc(OCCSc4ccccc4)cc3C3C(CCCCO)C(CCCCO)C=C(C(=NOCc4ccc([N+](=O)[O-])cc4)CC1N(Cc1cccc4ccccc14)C(=O)c1ccc(C#N)cc1)C32. The largest absolute Gasteiger partial charge is 0.493 e. The molecule has 1 fully saturated rings. The Kier molecular flexibility index (Phi) is 17.4. The van der Waals surface area contributed by atoms with Gasteiger partial charge in [0.25, 0.3) is 11.6 Å². The van der Waals surface area contributed by atoms with Crippen LogP contribution in [0.1, 0.15) is 83.5 Å². The number of fused-ring (bicyclic) bond motifs is 3. The van der Waals surface area contributed by atoms with Gasteiger partial charge in [-0.1, -0.05) is 90.8 Å². The van der Waals surface area contributed by atoms with Gasteiger partial charge in [-0.2, -0.15) is 5.26 Å². The van der Waals surface area contributed by atoms with Crippen molar-refractivity contribution in [1.82, 2.24) is 4.90 Å². The van der Waals surface area contributed by atoms with Crippen molar-refractivity contribution in [3.63, 3.8) is 0 Å². The second-order valence-electron chi connectivity index (χ2n) is 19.2. The van der Waals surface area contributed by atoms with E-state index in [9.17, 15) is 25.6 Å². The zero-order chi connectivity index (χ0) is 52.2. The van der Waals surface area contributed by atoms with E-state index in [4.69, 9.17) is 24.2 Å². The Morgan fingerprint density at radius 2 is 1.67 bits per heavy atom. The highest BCUT2D eigenvalue weighted by molar-refractivity contribution is 7.99. The van der Waals surface area contributed by atoms with Gasteiger partial charge in [0.2, 0.25) is 5.79 Å². The summed E-state index contributed by atoms with van der Waals surface area (Å²) in [7, 11) is 0. The number of aliphatic hydroxyl groups is 2. The molecule has 0 radical (unpaired) electrons. The smallest absolute Gasteiger partial charge is 0.269 e. The van der Waals surface area contributed by atoms with Crippen LogP contribution in [0, 0.1) is 39.2 Å². The van der Waals surface area contributed by atoms with E-state index in [2.05, 4.69) is 43.0 Å². The van der Waals surface area contributed by atoms with E-state index in [0.29, 0.717) is 53.3 Å². The number of non-ortho nitro benzene ring substituents is 1. The number of thioether (sulfide) groups is 1. The fourth-order valence-electron chi connectivity index (χ4n) is 11.3. The molecule has 1 heterocycles. The summed E-state index contributed by atoms with van der Waals surface area (Å²) < 4.78 is 21.4. The number of hydrogen-bond donors (Lipinski definition) is 2. The number of amides is 1. The minimum absolute atomic E-state index is 0.00937. The number of rotatable bonds is 24. The summed E-state index contributed by atoms with van der Waals surface area (Å²) in [6, 6.07) is 44.5. The highest BCUT2D eigenvalue weighted by Gasteiger charge is 2.65. The molecule has 6 unspecified atom stereocenters. The topological polar surface area (TPSA) is 177 Å². The van der Waals surface area contributed by atoms with E-state index in [1.54, 1.807) is 54.2 Å². The fourth-order valence-corrected chi connectivity index (χ4v) is 12.0. The van der Waals surface area contributed by atoms with Crippen LogP contribution in [0.3, 0.4) is 0 Å². The lowest BCUT2D eigenvalue weighted by molar-refractivity contribution is -0.384. The van der Waals surface area contributed by atoms with Gasteiger partial charge in [0.05, 0.1) is 41.4 Å². The summed E-state index contributed by atoms with van der Waals surface area (Å²) >= 11 is 1.72. The molecule has 3 aliphatic rings. The maximum atomic E-state index is 15.8. The quantitative estimate of drug-likeness (QED) is 0.0194. The molecule has 1 aliphatic heterocycles. The molecule has 1 amide bonds. The first-order valence-corrected chi connectivity index (χ1v) is 26.8. The molecule has 2 N–H and O–H groups in total. The van der Waals surface area contributed by atoms with Crippen LogP contribution in [0.5, 0.6) is 11.5 Å². The van der Waals surface area contributed by atoms with Crippen molar-refractivity contribution in [1.29, 1.82) is 5.26 Å². The van der Waals surface area contributed by atoms with Crippen molar-refractivity contribution in [2.24, 2.45) is 22.9 Å². The average Bonchev–Trinajstić information content (AvgIpc) is 3.47. The normalized spacial score (nSPS) is 20.9. The molecule has 386 valence electrons. The molecular weight excluding hydrogens is 965 g/mol. The van der Waals surface area contributed by atoms with E-state index >= 15 is 4.79 Å². The minimum atomic E-state index is -1.55. The monoisotopic (exact) mass is 1030 g/mol. The summed E-state index contributed by atoms with van der Waals surface area (Å²) in [6.07, 6.45) is 8.41. The molecule has 75 heavy (non-hydrogen) atoms. The first-order valence-electron chi connectivity index (χ1n) is 25.8. The number of ether oxygens (including phenoxy) is 3. The van der Waals surface area contributed by atoms with Crippen molar-refractivity contribution in [2.75, 3.05) is 32.2 Å². The number of aliphatic hydroxyl groups excluding tert-OH is 2. The van der Waals surface area contributed by atoms with E-state index in [1.165, 1.54) is 12.1 Å². The lowest BCUT2D eigenvalue weighted by atomic mass is 9.55. The van der Waals surface area contributed by atoms with Gasteiger partial charge in [-0.25, -0.2) is 0 Å². The summed E-state index contributed by atoms with van der Waals surface area (Å²) in [6.45, 7) is 4.91. The number of benzene rings is 6. The third kappa shape index (κ3) is 11.8. The van der Waals surface area contributed by atoms with Gasteiger partial charge in [-0.05, 0) is 132 Å². The molecule has 13 nitrogen and oxygen atoms in total. The zero-order valence-electron chi connectivity index (χ0n) is 41.9. The molecule has 0 aromatic heterocycles. The lowest BCUT2D eigenvalue weighted by Gasteiger charge is -2.60. The van der Waals surface area contributed by atoms with Crippen LogP contribution in [-0.4, -0.2) is 75.7 Å². The second kappa shape index (κ2) is 24.8. The number of allylic oxidation sites excluding steroid dienone is 1. The van der Waals surface area contributed by atoms with Crippen molar-refractivity contribution in [3.8, 4) is 17.6 Å². The van der Waals surface area contributed by atoms with Crippen LogP contribution < -0.4 is 9.47 Å². The Morgan fingerprint density at radius 1 is 0.920 bits per heavy atom. The average molecular weight is 1030 g/mol. The number of nitro groups is 1. The van der Waals surface area contributed by atoms with Crippen molar-refractivity contribution in [3.05, 3.63) is 202 Å². The molecule has 0 bridgehead atoms. The number of nitro benzene ring substituents is 1. The van der Waals surface area contributed by atoms with Crippen LogP contribution >= 0.6 is 11.8 Å². The Bertz CT molecular complexity index is 3050. The minimum Gasteiger partial charge on any atom is -0.493 e. The molecule has 9 rings (SSSR count). The summed E-state index contributed by atoms with van der Waals surface area (Å²) in [5.74, 6) is -0.767. The summed E-state index contributed by atoms with van der Waals surface area (Å²) in [5.41, 5.74) is 4.73. The molecule has 14 heteroatoms. The van der Waals surface area contributed by atoms with Gasteiger partial charge in [-0.3, -0.25) is 14.9 Å². The van der Waals surface area contributed by atoms with Crippen LogP contribution in [0.2, 0.25) is 0 Å². The van der Waals surface area contributed by atoms with E-state index in [-0.39, 0.29) is 68.7 Å². The zero-order valence-corrected chi connectivity index (χ0v) is 42.7. The Hall–Kier alpha value is -7.28. The maximum Gasteiger partial charge on any atom is 0.269 e. The first kappa shape index (κ1) is 52.6. The van der Waals surface area contributed by atoms with Crippen LogP contribution in [-0.2, 0) is 22.7 Å². The molecule has 1 saturated carbocycles. The molecule has 0 spiro atoms. The molecule has 6 aromatic rings. The maximum absolute atomic E-state index is 15.8. The van der Waals surface area contributed by atoms with Crippen LogP contribution in [0.4, 0.5) is 5.69 Å². The van der Waals surface area contributed by atoms with Gasteiger partial charge in [0, 0.05) is 66.0 Å².